The van der Waals surface area contributed by atoms with Gasteiger partial charge in [-0.05, 0) is 49.1 Å². The molecule has 1 N–H and O–H groups in total. The Labute approximate surface area is 161 Å². The van der Waals surface area contributed by atoms with E-state index in [2.05, 4.69) is 23.3 Å². The summed E-state index contributed by atoms with van der Waals surface area (Å²) < 4.78 is 43.1. The van der Waals surface area contributed by atoms with E-state index in [1.807, 2.05) is 11.3 Å². The highest BCUT2D eigenvalue weighted by Crippen LogP contribution is 2.39. The standard InChI is InChI=1S/C16H25NO2S.C2HF3O2/c1-13-5-8-20-15(13)10-17-11-16(12-17)9-14(3-6-18-2)4-7-19-16;3-2(4,5)1(6)7/h5,8,14H,3-4,6-7,9-12H2,1-2H3;(H,6,7). The van der Waals surface area contributed by atoms with Gasteiger partial charge < -0.3 is 14.6 Å². The van der Waals surface area contributed by atoms with Crippen molar-refractivity contribution in [3.8, 4) is 0 Å². The number of carbonyl (C=O) groups is 1. The molecule has 1 spiro atoms. The minimum Gasteiger partial charge on any atom is -0.475 e. The number of aliphatic carboxylic acids is 1. The van der Waals surface area contributed by atoms with Gasteiger partial charge in [0.25, 0.3) is 0 Å². The number of thiophene rings is 1. The first-order valence-electron chi connectivity index (χ1n) is 8.83. The Kier molecular flexibility index (Phi) is 7.67. The number of carboxylic acids is 1. The first kappa shape index (κ1) is 22.1. The molecule has 27 heavy (non-hydrogen) atoms. The third kappa shape index (κ3) is 6.44. The third-order valence-corrected chi connectivity index (χ3v) is 5.93. The van der Waals surface area contributed by atoms with Gasteiger partial charge in [-0.2, -0.15) is 13.2 Å². The number of methoxy groups -OCH3 is 1. The van der Waals surface area contributed by atoms with Gasteiger partial charge in [-0.1, -0.05) is 0 Å². The summed E-state index contributed by atoms with van der Waals surface area (Å²) >= 11 is 1.87. The molecule has 2 aliphatic rings. The Hall–Kier alpha value is -1.16. The maximum absolute atomic E-state index is 10.6. The Morgan fingerprint density at radius 3 is 2.67 bits per heavy atom. The van der Waals surface area contributed by atoms with E-state index in [1.165, 1.54) is 29.7 Å². The molecular formula is C18H26F3NO4S. The van der Waals surface area contributed by atoms with Crippen molar-refractivity contribution < 1.29 is 32.5 Å². The molecule has 0 aliphatic carbocycles. The van der Waals surface area contributed by atoms with Crippen molar-refractivity contribution in [2.75, 3.05) is 33.4 Å². The molecule has 0 aromatic carbocycles. The summed E-state index contributed by atoms with van der Waals surface area (Å²) in [6.45, 7) is 7.33. The molecule has 5 nitrogen and oxygen atoms in total. The van der Waals surface area contributed by atoms with Gasteiger partial charge in [-0.3, -0.25) is 4.90 Å². The summed E-state index contributed by atoms with van der Waals surface area (Å²) in [7, 11) is 1.80. The molecule has 2 fully saturated rings. The molecule has 0 saturated carbocycles. The van der Waals surface area contributed by atoms with Crippen LogP contribution >= 0.6 is 11.3 Å². The maximum Gasteiger partial charge on any atom is 0.490 e. The lowest BCUT2D eigenvalue weighted by molar-refractivity contribution is -0.192. The largest absolute Gasteiger partial charge is 0.490 e. The van der Waals surface area contributed by atoms with Crippen LogP contribution in [0.4, 0.5) is 13.2 Å². The predicted molar refractivity (Wildman–Crippen MR) is 95.9 cm³/mol. The van der Waals surface area contributed by atoms with Crippen LogP contribution in [0.15, 0.2) is 11.4 Å². The van der Waals surface area contributed by atoms with E-state index >= 15 is 0 Å². The Balaban J connectivity index is 0.000000321. The molecule has 2 aliphatic heterocycles. The van der Waals surface area contributed by atoms with Crippen LogP contribution in [-0.4, -0.2) is 61.2 Å². The van der Waals surface area contributed by atoms with Crippen molar-refractivity contribution in [1.82, 2.24) is 4.90 Å². The number of hydrogen-bond donors (Lipinski definition) is 1. The monoisotopic (exact) mass is 409 g/mol. The number of nitrogens with zero attached hydrogens (tertiary/aromatic N) is 1. The first-order valence-corrected chi connectivity index (χ1v) is 9.71. The molecule has 3 heterocycles. The van der Waals surface area contributed by atoms with Crippen LogP contribution in [0.25, 0.3) is 0 Å². The van der Waals surface area contributed by atoms with Gasteiger partial charge in [-0.15, -0.1) is 11.3 Å². The second-order valence-corrected chi connectivity index (χ2v) is 8.15. The van der Waals surface area contributed by atoms with E-state index < -0.39 is 12.1 Å². The number of ether oxygens (including phenoxy) is 2. The minimum absolute atomic E-state index is 0.155. The number of halogens is 3. The fourth-order valence-electron chi connectivity index (χ4n) is 3.53. The molecule has 1 aromatic heterocycles. The zero-order chi connectivity index (χ0) is 20.1. The van der Waals surface area contributed by atoms with Crippen molar-refractivity contribution in [2.45, 2.75) is 44.5 Å². The van der Waals surface area contributed by atoms with Gasteiger partial charge in [0, 0.05) is 44.8 Å². The highest BCUT2D eigenvalue weighted by Gasteiger charge is 2.47. The van der Waals surface area contributed by atoms with E-state index in [4.69, 9.17) is 19.4 Å². The number of hydrogen-bond acceptors (Lipinski definition) is 5. The molecule has 0 bridgehead atoms. The van der Waals surface area contributed by atoms with E-state index in [-0.39, 0.29) is 5.60 Å². The van der Waals surface area contributed by atoms with E-state index in [9.17, 15) is 13.2 Å². The van der Waals surface area contributed by atoms with Crippen molar-refractivity contribution >= 4 is 17.3 Å². The molecule has 0 amide bonds. The predicted octanol–water partition coefficient (Wildman–Crippen LogP) is 3.71. The Morgan fingerprint density at radius 2 is 2.15 bits per heavy atom. The van der Waals surface area contributed by atoms with Gasteiger partial charge >= 0.3 is 12.1 Å². The van der Waals surface area contributed by atoms with Gasteiger partial charge in [0.15, 0.2) is 0 Å². The lowest BCUT2D eigenvalue weighted by Crippen LogP contribution is -2.64. The number of carboxylic acid groups (broad SMARTS) is 1. The van der Waals surface area contributed by atoms with Gasteiger partial charge in [0.1, 0.15) is 0 Å². The molecule has 1 atom stereocenters. The van der Waals surface area contributed by atoms with Crippen LogP contribution in [0.5, 0.6) is 0 Å². The van der Waals surface area contributed by atoms with Crippen molar-refractivity contribution in [1.29, 1.82) is 0 Å². The average Bonchev–Trinajstić information content (AvgIpc) is 2.96. The van der Waals surface area contributed by atoms with E-state index in [0.29, 0.717) is 0 Å². The van der Waals surface area contributed by atoms with Crippen molar-refractivity contribution in [3.05, 3.63) is 21.9 Å². The Morgan fingerprint density at radius 1 is 1.48 bits per heavy atom. The highest BCUT2D eigenvalue weighted by molar-refractivity contribution is 7.10. The highest BCUT2D eigenvalue weighted by atomic mass is 32.1. The van der Waals surface area contributed by atoms with Crippen LogP contribution in [0.1, 0.15) is 29.7 Å². The molecular weight excluding hydrogens is 383 g/mol. The number of rotatable bonds is 5. The van der Waals surface area contributed by atoms with Gasteiger partial charge in [0.2, 0.25) is 0 Å². The van der Waals surface area contributed by atoms with E-state index in [0.717, 1.165) is 38.8 Å². The van der Waals surface area contributed by atoms with Crippen LogP contribution in [0.2, 0.25) is 0 Å². The Bertz CT molecular complexity index is 614. The second-order valence-electron chi connectivity index (χ2n) is 7.15. The van der Waals surface area contributed by atoms with Crippen LogP contribution in [0, 0.1) is 12.8 Å². The summed E-state index contributed by atoms with van der Waals surface area (Å²) in [6, 6.07) is 2.22. The zero-order valence-corrected chi connectivity index (χ0v) is 16.4. The van der Waals surface area contributed by atoms with Crippen LogP contribution in [0.3, 0.4) is 0 Å². The molecule has 9 heteroatoms. The molecule has 1 unspecified atom stereocenters. The summed E-state index contributed by atoms with van der Waals surface area (Å²) in [5.41, 5.74) is 1.58. The summed E-state index contributed by atoms with van der Waals surface area (Å²) in [6.07, 6.45) is -1.48. The topological polar surface area (TPSA) is 59.0 Å². The van der Waals surface area contributed by atoms with Crippen molar-refractivity contribution in [2.24, 2.45) is 5.92 Å². The zero-order valence-electron chi connectivity index (χ0n) is 15.6. The molecule has 3 rings (SSSR count). The number of alkyl halides is 3. The van der Waals surface area contributed by atoms with E-state index in [1.54, 1.807) is 7.11 Å². The SMILES string of the molecule is COCCC1CCOC2(C1)CN(Cc1sccc1C)C2.O=C(O)C(F)(F)F. The first-order chi connectivity index (χ1) is 12.6. The molecule has 0 radical (unpaired) electrons. The molecule has 2 saturated heterocycles. The number of likely N-dealkylation sites (tertiary alicyclic amines) is 1. The lowest BCUT2D eigenvalue weighted by atomic mass is 9.79. The third-order valence-electron chi connectivity index (χ3n) is 4.93. The smallest absolute Gasteiger partial charge is 0.475 e. The quantitative estimate of drug-likeness (QED) is 0.804. The second kappa shape index (κ2) is 9.36. The van der Waals surface area contributed by atoms with Crippen LogP contribution < -0.4 is 0 Å². The normalized spacial score (nSPS) is 22.0. The fourth-order valence-corrected chi connectivity index (χ4v) is 4.48. The van der Waals surface area contributed by atoms with Crippen molar-refractivity contribution in [3.63, 3.8) is 0 Å². The molecule has 1 aromatic rings. The maximum atomic E-state index is 10.6. The fraction of sp³-hybridized carbons (Fsp3) is 0.722. The molecule has 154 valence electrons. The minimum atomic E-state index is -5.08. The summed E-state index contributed by atoms with van der Waals surface area (Å²) in [5.74, 6) is -1.97. The average molecular weight is 409 g/mol. The summed E-state index contributed by atoms with van der Waals surface area (Å²) in [4.78, 5) is 12.9. The van der Waals surface area contributed by atoms with Gasteiger partial charge in [0.05, 0.1) is 5.60 Å². The lowest BCUT2D eigenvalue weighted by Gasteiger charge is -2.53. The van der Waals surface area contributed by atoms with Crippen LogP contribution in [-0.2, 0) is 20.8 Å². The summed E-state index contributed by atoms with van der Waals surface area (Å²) in [5, 5.41) is 9.32. The number of aryl methyl sites for hydroxylation is 1. The van der Waals surface area contributed by atoms with Gasteiger partial charge in [-0.25, -0.2) is 4.79 Å².